The van der Waals surface area contributed by atoms with Gasteiger partial charge in [-0.1, -0.05) is 12.1 Å². The number of carbonyl (C=O) groups is 1. The first-order valence-electron chi connectivity index (χ1n) is 8.22. The van der Waals surface area contributed by atoms with Gasteiger partial charge in [0.2, 0.25) is 5.91 Å². The predicted octanol–water partition coefficient (Wildman–Crippen LogP) is 2.45. The van der Waals surface area contributed by atoms with Crippen LogP contribution in [0, 0.1) is 11.3 Å². The van der Waals surface area contributed by atoms with Crippen molar-refractivity contribution in [3.05, 3.63) is 54.1 Å². The molecule has 0 spiro atoms. The fourth-order valence-electron chi connectivity index (χ4n) is 2.70. The van der Waals surface area contributed by atoms with Gasteiger partial charge in [-0.2, -0.15) is 5.26 Å². The van der Waals surface area contributed by atoms with Crippen molar-refractivity contribution in [2.45, 2.75) is 0 Å². The third-order valence-electron chi connectivity index (χ3n) is 4.00. The van der Waals surface area contributed by atoms with E-state index in [0.717, 1.165) is 30.2 Å². The average molecular weight is 336 g/mol. The third-order valence-corrected chi connectivity index (χ3v) is 4.00. The van der Waals surface area contributed by atoms with Gasteiger partial charge in [-0.15, -0.1) is 0 Å². The minimum atomic E-state index is -0.120. The summed E-state index contributed by atoms with van der Waals surface area (Å²) in [6.07, 6.45) is 0. The second-order valence-electron chi connectivity index (χ2n) is 5.71. The maximum Gasteiger partial charge on any atom is 0.243 e. The number of nitriles is 1. The topological polar surface area (TPSA) is 77.4 Å². The fraction of sp³-hybridized carbons (Fsp3) is 0.263. The molecule has 0 saturated carbocycles. The fourth-order valence-corrected chi connectivity index (χ4v) is 2.70. The highest BCUT2D eigenvalue weighted by Gasteiger charge is 2.15. The molecule has 1 fully saturated rings. The molecule has 128 valence electrons. The quantitative estimate of drug-likeness (QED) is 0.877. The standard InChI is InChI=1S/C19H20N4O2/c20-13-15-5-7-16(8-6-15)21-14-19(24)22-17-3-1-2-4-18(17)23-9-11-25-12-10-23/h1-8,21H,9-12,14H2,(H,22,24). The summed E-state index contributed by atoms with van der Waals surface area (Å²) in [6, 6.07) is 16.9. The molecular weight excluding hydrogens is 316 g/mol. The average Bonchev–Trinajstić information content (AvgIpc) is 2.68. The molecule has 0 bridgehead atoms. The van der Waals surface area contributed by atoms with Crippen molar-refractivity contribution in [3.63, 3.8) is 0 Å². The zero-order valence-electron chi connectivity index (χ0n) is 13.9. The van der Waals surface area contributed by atoms with E-state index >= 15 is 0 Å². The van der Waals surface area contributed by atoms with E-state index in [1.165, 1.54) is 0 Å². The zero-order valence-corrected chi connectivity index (χ0v) is 13.9. The molecule has 0 aromatic heterocycles. The van der Waals surface area contributed by atoms with Crippen LogP contribution in [0.4, 0.5) is 17.1 Å². The van der Waals surface area contributed by atoms with Crippen LogP contribution in [0.25, 0.3) is 0 Å². The monoisotopic (exact) mass is 336 g/mol. The summed E-state index contributed by atoms with van der Waals surface area (Å²) >= 11 is 0. The minimum absolute atomic E-state index is 0.120. The number of nitrogens with zero attached hydrogens (tertiary/aromatic N) is 2. The van der Waals surface area contributed by atoms with Crippen molar-refractivity contribution in [2.24, 2.45) is 0 Å². The summed E-state index contributed by atoms with van der Waals surface area (Å²) < 4.78 is 5.39. The van der Waals surface area contributed by atoms with Gasteiger partial charge in [0.25, 0.3) is 0 Å². The van der Waals surface area contributed by atoms with Crippen LogP contribution in [0.15, 0.2) is 48.5 Å². The molecule has 2 N–H and O–H groups in total. The summed E-state index contributed by atoms with van der Waals surface area (Å²) in [6.45, 7) is 3.18. The van der Waals surface area contributed by atoms with Crippen LogP contribution in [-0.2, 0) is 9.53 Å². The third kappa shape index (κ3) is 4.49. The van der Waals surface area contributed by atoms with Gasteiger partial charge in [0, 0.05) is 18.8 Å². The van der Waals surface area contributed by atoms with E-state index in [1.54, 1.807) is 24.3 Å². The van der Waals surface area contributed by atoms with Crippen molar-refractivity contribution in [3.8, 4) is 6.07 Å². The second kappa shape index (κ2) is 8.18. The van der Waals surface area contributed by atoms with E-state index in [0.29, 0.717) is 18.8 Å². The molecule has 2 aromatic rings. The first-order valence-corrected chi connectivity index (χ1v) is 8.22. The smallest absolute Gasteiger partial charge is 0.243 e. The molecule has 1 saturated heterocycles. The number of benzene rings is 2. The van der Waals surface area contributed by atoms with Crippen molar-refractivity contribution < 1.29 is 9.53 Å². The van der Waals surface area contributed by atoms with E-state index in [9.17, 15) is 4.79 Å². The van der Waals surface area contributed by atoms with Gasteiger partial charge >= 0.3 is 0 Å². The van der Waals surface area contributed by atoms with E-state index in [1.807, 2.05) is 24.3 Å². The number of amides is 1. The van der Waals surface area contributed by atoms with E-state index in [-0.39, 0.29) is 12.5 Å². The molecule has 2 aromatic carbocycles. The van der Waals surface area contributed by atoms with Gasteiger partial charge < -0.3 is 20.3 Å². The number of nitrogens with one attached hydrogen (secondary N) is 2. The van der Waals surface area contributed by atoms with Crippen LogP contribution in [0.3, 0.4) is 0 Å². The van der Waals surface area contributed by atoms with Gasteiger partial charge in [0.05, 0.1) is 42.8 Å². The van der Waals surface area contributed by atoms with Crippen molar-refractivity contribution in [1.29, 1.82) is 5.26 Å². The Balaban J connectivity index is 1.60. The van der Waals surface area contributed by atoms with Crippen LogP contribution < -0.4 is 15.5 Å². The van der Waals surface area contributed by atoms with Crippen molar-refractivity contribution in [2.75, 3.05) is 48.4 Å². The molecule has 1 amide bonds. The normalized spacial score (nSPS) is 13.8. The lowest BCUT2D eigenvalue weighted by Gasteiger charge is -2.30. The summed E-state index contributed by atoms with van der Waals surface area (Å²) in [5, 5.41) is 14.8. The number of morpholine rings is 1. The number of rotatable bonds is 5. The predicted molar refractivity (Wildman–Crippen MR) is 97.8 cm³/mol. The van der Waals surface area contributed by atoms with Gasteiger partial charge in [-0.25, -0.2) is 0 Å². The summed E-state index contributed by atoms with van der Waals surface area (Å²) in [7, 11) is 0. The Hall–Kier alpha value is -3.04. The van der Waals surface area contributed by atoms with Crippen molar-refractivity contribution >= 4 is 23.0 Å². The number of hydrogen-bond acceptors (Lipinski definition) is 5. The van der Waals surface area contributed by atoms with Crippen LogP contribution in [-0.4, -0.2) is 38.8 Å². The Bertz CT molecular complexity index is 762. The van der Waals surface area contributed by atoms with Crippen LogP contribution >= 0.6 is 0 Å². The lowest BCUT2D eigenvalue weighted by molar-refractivity contribution is -0.114. The van der Waals surface area contributed by atoms with Gasteiger partial charge in [-0.3, -0.25) is 4.79 Å². The van der Waals surface area contributed by atoms with Crippen LogP contribution in [0.2, 0.25) is 0 Å². The molecule has 0 radical (unpaired) electrons. The molecular formula is C19H20N4O2. The van der Waals surface area contributed by atoms with E-state index < -0.39 is 0 Å². The Morgan fingerprint density at radius 3 is 2.56 bits per heavy atom. The first-order chi connectivity index (χ1) is 12.3. The molecule has 1 aliphatic rings. The number of carbonyl (C=O) groups excluding carboxylic acids is 1. The molecule has 6 heteroatoms. The molecule has 1 aliphatic heterocycles. The number of ether oxygens (including phenoxy) is 1. The van der Waals surface area contributed by atoms with Crippen LogP contribution in [0.1, 0.15) is 5.56 Å². The largest absolute Gasteiger partial charge is 0.378 e. The van der Waals surface area contributed by atoms with E-state index in [4.69, 9.17) is 10.00 Å². The second-order valence-corrected chi connectivity index (χ2v) is 5.71. The Labute approximate surface area is 147 Å². The molecule has 25 heavy (non-hydrogen) atoms. The Kier molecular flexibility index (Phi) is 5.50. The highest BCUT2D eigenvalue weighted by Crippen LogP contribution is 2.26. The first kappa shape index (κ1) is 16.8. The highest BCUT2D eigenvalue weighted by atomic mass is 16.5. The molecule has 0 unspecified atom stereocenters. The summed E-state index contributed by atoms with van der Waals surface area (Å²) in [4.78, 5) is 14.5. The lowest BCUT2D eigenvalue weighted by atomic mass is 10.2. The van der Waals surface area contributed by atoms with E-state index in [2.05, 4.69) is 21.6 Å². The summed E-state index contributed by atoms with van der Waals surface area (Å²) in [5.41, 5.74) is 3.21. The maximum absolute atomic E-state index is 12.3. The maximum atomic E-state index is 12.3. The molecule has 6 nitrogen and oxygen atoms in total. The van der Waals surface area contributed by atoms with Crippen LogP contribution in [0.5, 0.6) is 0 Å². The van der Waals surface area contributed by atoms with Crippen molar-refractivity contribution in [1.82, 2.24) is 0 Å². The molecule has 3 rings (SSSR count). The lowest BCUT2D eigenvalue weighted by Crippen LogP contribution is -2.37. The number of hydrogen-bond donors (Lipinski definition) is 2. The molecule has 0 aliphatic carbocycles. The minimum Gasteiger partial charge on any atom is -0.378 e. The van der Waals surface area contributed by atoms with Gasteiger partial charge in [0.1, 0.15) is 0 Å². The molecule has 1 heterocycles. The number of para-hydroxylation sites is 2. The highest BCUT2D eigenvalue weighted by molar-refractivity contribution is 5.96. The molecule has 0 atom stereocenters. The van der Waals surface area contributed by atoms with Gasteiger partial charge in [0.15, 0.2) is 0 Å². The Morgan fingerprint density at radius 1 is 1.12 bits per heavy atom. The van der Waals surface area contributed by atoms with Gasteiger partial charge in [-0.05, 0) is 36.4 Å². The SMILES string of the molecule is N#Cc1ccc(NCC(=O)Nc2ccccc2N2CCOCC2)cc1. The zero-order chi connectivity index (χ0) is 17.5. The Morgan fingerprint density at radius 2 is 1.84 bits per heavy atom. The summed E-state index contributed by atoms with van der Waals surface area (Å²) in [5.74, 6) is -0.120. The number of anilines is 3.